The van der Waals surface area contributed by atoms with Gasteiger partial charge in [-0.05, 0) is 90.2 Å². The molecule has 13 rings (SSSR count). The second-order valence-electron chi connectivity index (χ2n) is 15.9. The van der Waals surface area contributed by atoms with Crippen molar-refractivity contribution in [1.82, 2.24) is 19.5 Å². The molecule has 0 unspecified atom stereocenters. The van der Waals surface area contributed by atoms with E-state index in [-0.39, 0.29) is 0 Å². The maximum atomic E-state index is 5.77. The Morgan fingerprint density at radius 1 is 0.350 bits per heavy atom. The first-order chi connectivity index (χ1) is 29.8. The lowest BCUT2D eigenvalue weighted by atomic mass is 9.71. The van der Waals surface area contributed by atoms with Crippen molar-refractivity contribution in [3.8, 4) is 61.8 Å². The van der Waals surface area contributed by atoms with Crippen molar-refractivity contribution in [3.05, 3.63) is 229 Å². The Kier molecular flexibility index (Phi) is 6.90. The molecule has 0 aliphatic heterocycles. The molecule has 0 spiro atoms. The summed E-state index contributed by atoms with van der Waals surface area (Å²) in [4.78, 5) is 16.8. The summed E-state index contributed by atoms with van der Waals surface area (Å²) < 4.78 is 2.29. The highest BCUT2D eigenvalue weighted by atomic mass is 15.2. The molecule has 0 saturated heterocycles. The van der Waals surface area contributed by atoms with E-state index in [4.69, 9.17) is 15.0 Å². The standard InChI is InChI=1S/C56H34N4/c1-3-16-35(17-4-1)38-21-13-22-39(34-38)56(46-29-11-9-25-42(46)43-26-10-12-30-47(43)56)54-57-53(37-18-5-2-6-19-37)58-55(59-54)60-48-31-15-28-45-41-24-8-7-23-40(41)44-27-14-20-36-32-33-49(60)52(50(36)44)51(45)48/h1-34H. The van der Waals surface area contributed by atoms with Gasteiger partial charge in [0.2, 0.25) is 5.95 Å². The van der Waals surface area contributed by atoms with Crippen LogP contribution in [-0.4, -0.2) is 19.5 Å². The average molecular weight is 763 g/mol. The van der Waals surface area contributed by atoms with Gasteiger partial charge in [-0.1, -0.05) is 188 Å². The second-order valence-corrected chi connectivity index (χ2v) is 15.9. The largest absolute Gasteiger partial charge is 0.278 e. The van der Waals surface area contributed by atoms with Crippen LogP contribution in [0.1, 0.15) is 22.5 Å². The molecule has 0 N–H and O–H groups in total. The maximum absolute atomic E-state index is 5.77. The number of hydrogen-bond acceptors (Lipinski definition) is 3. The maximum Gasteiger partial charge on any atom is 0.238 e. The third kappa shape index (κ3) is 4.47. The Balaban J connectivity index is 1.18. The molecular weight excluding hydrogens is 729 g/mol. The van der Waals surface area contributed by atoms with E-state index >= 15 is 0 Å². The fraction of sp³-hybridized carbons (Fsp3) is 0.0179. The van der Waals surface area contributed by atoms with Crippen LogP contribution in [0, 0.1) is 0 Å². The Morgan fingerprint density at radius 2 is 0.900 bits per heavy atom. The van der Waals surface area contributed by atoms with Crippen molar-refractivity contribution in [2.24, 2.45) is 0 Å². The van der Waals surface area contributed by atoms with Crippen LogP contribution in [0.25, 0.3) is 94.4 Å². The first kappa shape index (κ1) is 33.1. The molecule has 2 aromatic heterocycles. The summed E-state index contributed by atoms with van der Waals surface area (Å²) in [5.41, 5.74) is 15.2. The van der Waals surface area contributed by atoms with Crippen LogP contribution in [0.5, 0.6) is 0 Å². The fourth-order valence-electron chi connectivity index (χ4n) is 10.4. The third-order valence-electron chi connectivity index (χ3n) is 12.9. The van der Waals surface area contributed by atoms with Crippen molar-refractivity contribution in [2.45, 2.75) is 5.41 Å². The zero-order valence-electron chi connectivity index (χ0n) is 32.4. The molecule has 2 aliphatic carbocycles. The Hall–Kier alpha value is -7.95. The molecule has 4 nitrogen and oxygen atoms in total. The molecule has 0 amide bonds. The van der Waals surface area contributed by atoms with E-state index < -0.39 is 5.41 Å². The van der Waals surface area contributed by atoms with Gasteiger partial charge in [0, 0.05) is 16.3 Å². The molecule has 9 aromatic carbocycles. The lowest BCUT2D eigenvalue weighted by Gasteiger charge is -2.32. The molecular formula is C56H34N4. The Bertz CT molecular complexity index is 3500. The van der Waals surface area contributed by atoms with Crippen molar-refractivity contribution in [1.29, 1.82) is 0 Å². The number of nitrogens with zero attached hydrogens (tertiary/aromatic N) is 4. The topological polar surface area (TPSA) is 43.6 Å². The van der Waals surface area contributed by atoms with Gasteiger partial charge in [-0.2, -0.15) is 9.97 Å². The number of hydrogen-bond donors (Lipinski definition) is 0. The number of rotatable bonds is 5. The van der Waals surface area contributed by atoms with E-state index in [0.29, 0.717) is 17.6 Å². The molecule has 0 saturated carbocycles. The van der Waals surface area contributed by atoms with Gasteiger partial charge in [-0.25, -0.2) is 4.98 Å². The summed E-state index contributed by atoms with van der Waals surface area (Å²) >= 11 is 0. The van der Waals surface area contributed by atoms with Gasteiger partial charge >= 0.3 is 0 Å². The normalized spacial score (nSPS) is 13.1. The summed E-state index contributed by atoms with van der Waals surface area (Å²) in [6, 6.07) is 74.2. The highest BCUT2D eigenvalue weighted by Crippen LogP contribution is 2.56. The van der Waals surface area contributed by atoms with E-state index in [9.17, 15) is 0 Å². The number of benzene rings is 9. The smallest absolute Gasteiger partial charge is 0.238 e. The molecule has 278 valence electrons. The second kappa shape index (κ2) is 12.5. The van der Waals surface area contributed by atoms with Crippen molar-refractivity contribution in [3.63, 3.8) is 0 Å². The highest BCUT2D eigenvalue weighted by molar-refractivity contribution is 6.30. The molecule has 0 bridgehead atoms. The lowest BCUT2D eigenvalue weighted by Crippen LogP contribution is -2.32. The zero-order chi connectivity index (χ0) is 39.4. The predicted octanol–water partition coefficient (Wildman–Crippen LogP) is 13.5. The van der Waals surface area contributed by atoms with Crippen molar-refractivity contribution in [2.75, 3.05) is 0 Å². The van der Waals surface area contributed by atoms with Gasteiger partial charge in [-0.3, -0.25) is 4.57 Å². The van der Waals surface area contributed by atoms with Crippen LogP contribution >= 0.6 is 0 Å². The molecule has 2 aliphatic rings. The first-order valence-electron chi connectivity index (χ1n) is 20.5. The van der Waals surface area contributed by atoms with Crippen LogP contribution < -0.4 is 0 Å². The average Bonchev–Trinajstić information content (AvgIpc) is 3.79. The SMILES string of the molecule is c1ccc(-c2cccc(C3(c4nc(-c5ccccc5)nc(-n5c6cccc7c6c6c8c(cccc8ccc65)-c5ccccc5-7)n4)c4ccccc4-c4ccccc43)c2)cc1. The molecule has 0 radical (unpaired) electrons. The van der Waals surface area contributed by atoms with E-state index in [1.165, 1.54) is 54.9 Å². The van der Waals surface area contributed by atoms with Gasteiger partial charge < -0.3 is 0 Å². The predicted molar refractivity (Wildman–Crippen MR) is 244 cm³/mol. The van der Waals surface area contributed by atoms with Gasteiger partial charge in [0.1, 0.15) is 5.41 Å². The highest BCUT2D eigenvalue weighted by Gasteiger charge is 2.49. The molecule has 2 heterocycles. The van der Waals surface area contributed by atoms with Gasteiger partial charge in [0.25, 0.3) is 0 Å². The van der Waals surface area contributed by atoms with Crippen LogP contribution in [0.2, 0.25) is 0 Å². The van der Waals surface area contributed by atoms with E-state index in [0.717, 1.165) is 44.4 Å². The van der Waals surface area contributed by atoms with E-state index in [1.807, 2.05) is 6.07 Å². The van der Waals surface area contributed by atoms with E-state index in [1.54, 1.807) is 0 Å². The molecule has 11 aromatic rings. The minimum absolute atomic E-state index is 0.585. The quantitative estimate of drug-likeness (QED) is 0.175. The van der Waals surface area contributed by atoms with Gasteiger partial charge in [0.05, 0.1) is 11.0 Å². The van der Waals surface area contributed by atoms with Gasteiger partial charge in [0.15, 0.2) is 11.6 Å². The molecule has 4 heteroatoms. The van der Waals surface area contributed by atoms with Crippen molar-refractivity contribution >= 4 is 32.6 Å². The minimum atomic E-state index is -0.868. The van der Waals surface area contributed by atoms with Crippen LogP contribution in [0.3, 0.4) is 0 Å². The van der Waals surface area contributed by atoms with Crippen molar-refractivity contribution < 1.29 is 0 Å². The third-order valence-corrected chi connectivity index (χ3v) is 12.9. The van der Waals surface area contributed by atoms with Crippen LogP contribution in [0.15, 0.2) is 206 Å². The Labute approximate surface area is 346 Å². The lowest BCUT2D eigenvalue weighted by molar-refractivity contribution is 0.683. The fourth-order valence-corrected chi connectivity index (χ4v) is 10.4. The summed E-state index contributed by atoms with van der Waals surface area (Å²) in [5.74, 6) is 1.89. The molecule has 60 heavy (non-hydrogen) atoms. The number of fused-ring (bicyclic) bond motifs is 6. The molecule has 0 atom stereocenters. The monoisotopic (exact) mass is 762 g/mol. The minimum Gasteiger partial charge on any atom is -0.278 e. The van der Waals surface area contributed by atoms with Crippen LogP contribution in [0.4, 0.5) is 0 Å². The Morgan fingerprint density at radius 3 is 1.62 bits per heavy atom. The number of aromatic nitrogens is 4. The summed E-state index contributed by atoms with van der Waals surface area (Å²) in [5, 5.41) is 4.89. The first-order valence-corrected chi connectivity index (χ1v) is 20.5. The summed E-state index contributed by atoms with van der Waals surface area (Å²) in [6.45, 7) is 0. The zero-order valence-corrected chi connectivity index (χ0v) is 32.4. The van der Waals surface area contributed by atoms with E-state index in [2.05, 4.69) is 205 Å². The summed E-state index contributed by atoms with van der Waals surface area (Å²) in [6.07, 6.45) is 0. The van der Waals surface area contributed by atoms with Gasteiger partial charge in [-0.15, -0.1) is 0 Å². The van der Waals surface area contributed by atoms with Crippen LogP contribution in [-0.2, 0) is 5.41 Å². The summed E-state index contributed by atoms with van der Waals surface area (Å²) in [7, 11) is 0. The molecule has 0 fully saturated rings.